The van der Waals surface area contributed by atoms with Crippen LogP contribution >= 0.6 is 0 Å². The number of aromatic nitrogens is 3. The molecule has 0 spiro atoms. The fraction of sp³-hybridized carbons (Fsp3) is 0.321. The van der Waals surface area contributed by atoms with Crippen LogP contribution in [0, 0.1) is 13.8 Å². The van der Waals surface area contributed by atoms with E-state index < -0.39 is 0 Å². The molecule has 188 valence electrons. The number of nitrogens with one attached hydrogen (secondary N) is 1. The quantitative estimate of drug-likeness (QED) is 0.333. The maximum absolute atomic E-state index is 13.0. The predicted molar refractivity (Wildman–Crippen MR) is 139 cm³/mol. The van der Waals surface area contributed by atoms with Crippen LogP contribution in [0.3, 0.4) is 0 Å². The third-order valence-electron chi connectivity index (χ3n) is 5.82. The van der Waals surface area contributed by atoms with Crippen LogP contribution in [0.4, 0.5) is 0 Å². The molecule has 0 unspecified atom stereocenters. The van der Waals surface area contributed by atoms with Gasteiger partial charge in [0, 0.05) is 18.3 Å². The molecule has 0 bridgehead atoms. The van der Waals surface area contributed by atoms with Crippen LogP contribution in [0.2, 0.25) is 0 Å². The molecule has 0 aliphatic rings. The third-order valence-corrected chi connectivity index (χ3v) is 5.82. The van der Waals surface area contributed by atoms with Gasteiger partial charge in [0.1, 0.15) is 5.75 Å². The van der Waals surface area contributed by atoms with Crippen molar-refractivity contribution in [3.63, 3.8) is 0 Å². The number of hydrogen-bond donors (Lipinski definition) is 1. The largest absolute Gasteiger partial charge is 0.494 e. The topological polar surface area (TPSA) is 87.0 Å². The first-order valence-electron chi connectivity index (χ1n) is 12.2. The van der Waals surface area contributed by atoms with Crippen LogP contribution in [0.15, 0.2) is 48.7 Å². The van der Waals surface area contributed by atoms with Crippen molar-refractivity contribution in [3.05, 3.63) is 71.2 Å². The van der Waals surface area contributed by atoms with E-state index in [-0.39, 0.29) is 5.91 Å². The minimum Gasteiger partial charge on any atom is -0.494 e. The summed E-state index contributed by atoms with van der Waals surface area (Å²) < 4.78 is 18.7. The van der Waals surface area contributed by atoms with Gasteiger partial charge >= 0.3 is 0 Å². The van der Waals surface area contributed by atoms with Gasteiger partial charge in [-0.25, -0.2) is 9.50 Å². The molecule has 1 amide bonds. The molecule has 0 atom stereocenters. The highest BCUT2D eigenvalue weighted by Crippen LogP contribution is 2.36. The molecule has 4 rings (SSSR count). The molecule has 2 aromatic heterocycles. The molecule has 0 saturated heterocycles. The van der Waals surface area contributed by atoms with Crippen molar-refractivity contribution in [2.45, 2.75) is 41.2 Å². The van der Waals surface area contributed by atoms with Crippen LogP contribution < -0.4 is 19.5 Å². The van der Waals surface area contributed by atoms with Crippen LogP contribution in [-0.4, -0.2) is 40.3 Å². The molecule has 8 heteroatoms. The van der Waals surface area contributed by atoms with Crippen LogP contribution in [-0.2, 0) is 6.54 Å². The van der Waals surface area contributed by atoms with Crippen molar-refractivity contribution in [2.75, 3.05) is 19.8 Å². The smallest absolute Gasteiger partial charge is 0.254 e. The van der Waals surface area contributed by atoms with Crippen molar-refractivity contribution < 1.29 is 19.0 Å². The van der Waals surface area contributed by atoms with Gasteiger partial charge in [-0.3, -0.25) is 4.79 Å². The number of aryl methyl sites for hydroxylation is 2. The summed E-state index contributed by atoms with van der Waals surface area (Å²) in [5, 5.41) is 7.67. The lowest BCUT2D eigenvalue weighted by atomic mass is 10.1. The first-order valence-corrected chi connectivity index (χ1v) is 12.2. The van der Waals surface area contributed by atoms with E-state index in [4.69, 9.17) is 19.3 Å². The molecule has 1 N–H and O–H groups in total. The van der Waals surface area contributed by atoms with Crippen LogP contribution in [0.1, 0.15) is 48.1 Å². The minimum atomic E-state index is -0.204. The Labute approximate surface area is 211 Å². The summed E-state index contributed by atoms with van der Waals surface area (Å²) >= 11 is 0. The van der Waals surface area contributed by atoms with Gasteiger partial charge in [0.15, 0.2) is 17.1 Å². The molecule has 0 radical (unpaired) electrons. The average molecular weight is 489 g/mol. The summed E-state index contributed by atoms with van der Waals surface area (Å²) in [6.45, 7) is 11.7. The van der Waals surface area contributed by atoms with Crippen molar-refractivity contribution in [1.29, 1.82) is 0 Å². The fourth-order valence-corrected chi connectivity index (χ4v) is 4.12. The lowest BCUT2D eigenvalue weighted by Crippen LogP contribution is -2.24. The van der Waals surface area contributed by atoms with E-state index >= 15 is 0 Å². The maximum Gasteiger partial charge on any atom is 0.254 e. The highest BCUT2D eigenvalue weighted by molar-refractivity contribution is 5.95. The first-order chi connectivity index (χ1) is 17.5. The Morgan fingerprint density at radius 3 is 2.31 bits per heavy atom. The Kier molecular flexibility index (Phi) is 7.73. The highest BCUT2D eigenvalue weighted by atomic mass is 16.5. The number of carbonyl (C=O) groups is 1. The molecule has 0 aliphatic heterocycles. The van der Waals surface area contributed by atoms with Gasteiger partial charge in [0.05, 0.1) is 36.8 Å². The van der Waals surface area contributed by atoms with Gasteiger partial charge in [-0.2, -0.15) is 5.10 Å². The van der Waals surface area contributed by atoms with Gasteiger partial charge in [-0.15, -0.1) is 0 Å². The van der Waals surface area contributed by atoms with Gasteiger partial charge in [0.25, 0.3) is 5.91 Å². The van der Waals surface area contributed by atoms with E-state index in [1.807, 2.05) is 77.1 Å². The third kappa shape index (κ3) is 5.12. The predicted octanol–water partition coefficient (Wildman–Crippen LogP) is 5.14. The van der Waals surface area contributed by atoms with Gasteiger partial charge in [-0.05, 0) is 70.0 Å². The number of ether oxygens (including phenoxy) is 3. The van der Waals surface area contributed by atoms with E-state index in [1.54, 1.807) is 10.7 Å². The maximum atomic E-state index is 13.0. The van der Waals surface area contributed by atoms with E-state index in [0.717, 1.165) is 33.8 Å². The average Bonchev–Trinajstić information content (AvgIpc) is 3.22. The monoisotopic (exact) mass is 488 g/mol. The van der Waals surface area contributed by atoms with Gasteiger partial charge < -0.3 is 19.5 Å². The van der Waals surface area contributed by atoms with Gasteiger partial charge in [-0.1, -0.05) is 18.2 Å². The Balaban J connectivity index is 1.60. The molecule has 8 nitrogen and oxygen atoms in total. The second-order valence-electron chi connectivity index (χ2n) is 8.24. The summed E-state index contributed by atoms with van der Waals surface area (Å²) in [7, 11) is 0. The summed E-state index contributed by atoms with van der Waals surface area (Å²) in [5.41, 5.74) is 5.48. The molecule has 0 fully saturated rings. The summed E-state index contributed by atoms with van der Waals surface area (Å²) in [6.07, 6.45) is 1.61. The standard InChI is InChI=1S/C28H32N4O4/c1-6-34-22-12-9-20(10-13-22)16-30-28(33)23-17-29-27-26(18(4)31-32(27)19(23)5)21-11-14-24(35-7-2)25(15-21)36-8-3/h9-15,17H,6-8,16H2,1-5H3,(H,30,33). The summed E-state index contributed by atoms with van der Waals surface area (Å²) in [6, 6.07) is 13.5. The molecule has 2 aromatic carbocycles. The van der Waals surface area contributed by atoms with Crippen molar-refractivity contribution in [2.24, 2.45) is 0 Å². The number of nitrogens with zero attached hydrogens (tertiary/aromatic N) is 3. The first kappa shape index (κ1) is 25.0. The van der Waals surface area contributed by atoms with Crippen LogP contribution in [0.25, 0.3) is 16.8 Å². The van der Waals surface area contributed by atoms with Crippen molar-refractivity contribution >= 4 is 11.6 Å². The lowest BCUT2D eigenvalue weighted by Gasteiger charge is -2.12. The van der Waals surface area contributed by atoms with E-state index in [9.17, 15) is 4.79 Å². The van der Waals surface area contributed by atoms with Crippen molar-refractivity contribution in [3.8, 4) is 28.4 Å². The molecule has 0 saturated carbocycles. The minimum absolute atomic E-state index is 0.204. The van der Waals surface area contributed by atoms with Gasteiger partial charge in [0.2, 0.25) is 0 Å². The molecule has 2 heterocycles. The Morgan fingerprint density at radius 2 is 1.61 bits per heavy atom. The lowest BCUT2D eigenvalue weighted by molar-refractivity contribution is 0.0949. The Hall–Kier alpha value is -4.07. The molecule has 0 aliphatic carbocycles. The van der Waals surface area contributed by atoms with Crippen LogP contribution in [0.5, 0.6) is 17.2 Å². The zero-order chi connectivity index (χ0) is 25.7. The molecule has 4 aromatic rings. The van der Waals surface area contributed by atoms with Crippen molar-refractivity contribution in [1.82, 2.24) is 19.9 Å². The summed E-state index contributed by atoms with van der Waals surface area (Å²) in [5.74, 6) is 1.99. The molecule has 36 heavy (non-hydrogen) atoms. The zero-order valence-electron chi connectivity index (χ0n) is 21.4. The van der Waals surface area contributed by atoms with E-state index in [1.165, 1.54) is 0 Å². The molecular weight excluding hydrogens is 456 g/mol. The summed E-state index contributed by atoms with van der Waals surface area (Å²) in [4.78, 5) is 17.6. The van der Waals surface area contributed by atoms with E-state index in [2.05, 4.69) is 10.3 Å². The van der Waals surface area contributed by atoms with E-state index in [0.29, 0.717) is 49.1 Å². The SMILES string of the molecule is CCOc1ccc(CNC(=O)c2cnc3c(-c4ccc(OCC)c(OCC)c4)c(C)nn3c2C)cc1. The number of benzene rings is 2. The normalized spacial score (nSPS) is 10.9. The fourth-order valence-electron chi connectivity index (χ4n) is 4.12. The number of rotatable bonds is 10. The second-order valence-corrected chi connectivity index (χ2v) is 8.24. The number of fused-ring (bicyclic) bond motifs is 1. The molecular formula is C28H32N4O4. The zero-order valence-corrected chi connectivity index (χ0v) is 21.4. The second kappa shape index (κ2) is 11.1. The number of hydrogen-bond acceptors (Lipinski definition) is 6. The highest BCUT2D eigenvalue weighted by Gasteiger charge is 2.20. The Morgan fingerprint density at radius 1 is 0.917 bits per heavy atom. The Bertz CT molecular complexity index is 1360. The number of carbonyl (C=O) groups excluding carboxylic acids is 1. The number of amides is 1.